The standard InChI is InChI=1S/C11H13Cl2NO/c1-7-10(5-6-15-7)14-11-8(12)3-2-4-9(11)13/h2-4,7,10,14H,5-6H2,1H3. The molecule has 15 heavy (non-hydrogen) atoms. The van der Waals surface area contributed by atoms with Crippen molar-refractivity contribution >= 4 is 28.9 Å². The molecule has 2 unspecified atom stereocenters. The van der Waals surface area contributed by atoms with Gasteiger partial charge in [-0.15, -0.1) is 0 Å². The fourth-order valence-electron chi connectivity index (χ4n) is 1.74. The molecule has 1 aromatic carbocycles. The van der Waals surface area contributed by atoms with E-state index in [2.05, 4.69) is 12.2 Å². The highest BCUT2D eigenvalue weighted by molar-refractivity contribution is 6.39. The molecule has 2 rings (SSSR count). The van der Waals surface area contributed by atoms with Crippen molar-refractivity contribution in [2.75, 3.05) is 11.9 Å². The first kappa shape index (κ1) is 11.1. The molecule has 1 heterocycles. The molecule has 1 aliphatic rings. The average molecular weight is 246 g/mol. The van der Waals surface area contributed by atoms with Crippen molar-refractivity contribution in [2.24, 2.45) is 0 Å². The van der Waals surface area contributed by atoms with E-state index in [-0.39, 0.29) is 6.10 Å². The van der Waals surface area contributed by atoms with Crippen LogP contribution in [0.15, 0.2) is 18.2 Å². The van der Waals surface area contributed by atoms with Crippen molar-refractivity contribution in [1.29, 1.82) is 0 Å². The number of anilines is 1. The molecular weight excluding hydrogens is 233 g/mol. The molecule has 0 spiro atoms. The minimum Gasteiger partial charge on any atom is -0.377 e. The van der Waals surface area contributed by atoms with Gasteiger partial charge in [0, 0.05) is 6.61 Å². The second-order valence-corrected chi connectivity index (χ2v) is 4.53. The third-order valence-corrected chi connectivity index (χ3v) is 3.30. The molecule has 82 valence electrons. The first-order valence-corrected chi connectivity index (χ1v) is 5.76. The minimum absolute atomic E-state index is 0.206. The van der Waals surface area contributed by atoms with Crippen LogP contribution in [-0.4, -0.2) is 18.8 Å². The van der Waals surface area contributed by atoms with Gasteiger partial charge in [-0.2, -0.15) is 0 Å². The van der Waals surface area contributed by atoms with E-state index in [4.69, 9.17) is 27.9 Å². The molecule has 1 aromatic rings. The molecule has 0 bridgehead atoms. The van der Waals surface area contributed by atoms with E-state index in [9.17, 15) is 0 Å². The molecule has 1 fully saturated rings. The molecule has 1 aliphatic heterocycles. The lowest BCUT2D eigenvalue weighted by molar-refractivity contribution is 0.121. The lowest BCUT2D eigenvalue weighted by Crippen LogP contribution is -2.26. The van der Waals surface area contributed by atoms with Gasteiger partial charge in [0.15, 0.2) is 0 Å². The van der Waals surface area contributed by atoms with Crippen LogP contribution in [0.1, 0.15) is 13.3 Å². The van der Waals surface area contributed by atoms with Crippen molar-refractivity contribution in [2.45, 2.75) is 25.5 Å². The van der Waals surface area contributed by atoms with Crippen LogP contribution in [0.4, 0.5) is 5.69 Å². The molecule has 0 radical (unpaired) electrons. The Morgan fingerprint density at radius 3 is 2.53 bits per heavy atom. The number of halogens is 2. The van der Waals surface area contributed by atoms with Gasteiger partial charge in [0.1, 0.15) is 0 Å². The Hall–Kier alpha value is -0.440. The number of para-hydroxylation sites is 1. The fourth-order valence-corrected chi connectivity index (χ4v) is 2.25. The summed E-state index contributed by atoms with van der Waals surface area (Å²) in [6.45, 7) is 2.84. The highest BCUT2D eigenvalue weighted by Gasteiger charge is 2.25. The number of benzene rings is 1. The van der Waals surface area contributed by atoms with Crippen LogP contribution in [0.25, 0.3) is 0 Å². The summed E-state index contributed by atoms with van der Waals surface area (Å²) in [4.78, 5) is 0. The van der Waals surface area contributed by atoms with Crippen LogP contribution in [-0.2, 0) is 4.74 Å². The SMILES string of the molecule is CC1OCCC1Nc1c(Cl)cccc1Cl. The molecule has 2 nitrogen and oxygen atoms in total. The zero-order chi connectivity index (χ0) is 10.8. The van der Waals surface area contributed by atoms with Gasteiger partial charge in [0.05, 0.1) is 27.9 Å². The number of hydrogen-bond acceptors (Lipinski definition) is 2. The van der Waals surface area contributed by atoms with E-state index in [0.29, 0.717) is 16.1 Å². The Morgan fingerprint density at radius 1 is 1.33 bits per heavy atom. The summed E-state index contributed by atoms with van der Waals surface area (Å²) < 4.78 is 5.47. The lowest BCUT2D eigenvalue weighted by Gasteiger charge is -2.19. The van der Waals surface area contributed by atoms with Gasteiger partial charge in [0.2, 0.25) is 0 Å². The second-order valence-electron chi connectivity index (χ2n) is 3.71. The summed E-state index contributed by atoms with van der Waals surface area (Å²) in [5, 5.41) is 4.65. The summed E-state index contributed by atoms with van der Waals surface area (Å²) in [5.41, 5.74) is 0.809. The maximum absolute atomic E-state index is 6.07. The third kappa shape index (κ3) is 2.39. The van der Waals surface area contributed by atoms with Crippen molar-refractivity contribution in [3.8, 4) is 0 Å². The van der Waals surface area contributed by atoms with Crippen LogP contribution in [0.5, 0.6) is 0 Å². The van der Waals surface area contributed by atoms with Gasteiger partial charge in [-0.1, -0.05) is 29.3 Å². The zero-order valence-corrected chi connectivity index (χ0v) is 9.98. The third-order valence-electron chi connectivity index (χ3n) is 2.67. The van der Waals surface area contributed by atoms with Crippen molar-refractivity contribution in [3.63, 3.8) is 0 Å². The lowest BCUT2D eigenvalue weighted by atomic mass is 10.1. The number of hydrogen-bond donors (Lipinski definition) is 1. The van der Waals surface area contributed by atoms with Crippen molar-refractivity contribution in [1.82, 2.24) is 0 Å². The Labute approximate surface area is 99.5 Å². The van der Waals surface area contributed by atoms with Gasteiger partial charge < -0.3 is 10.1 Å². The zero-order valence-electron chi connectivity index (χ0n) is 8.47. The molecule has 0 amide bonds. The van der Waals surface area contributed by atoms with E-state index in [0.717, 1.165) is 18.7 Å². The van der Waals surface area contributed by atoms with Crippen molar-refractivity contribution < 1.29 is 4.74 Å². The normalized spacial score (nSPS) is 25.5. The van der Waals surface area contributed by atoms with Crippen LogP contribution in [0.2, 0.25) is 10.0 Å². The van der Waals surface area contributed by atoms with Crippen molar-refractivity contribution in [3.05, 3.63) is 28.2 Å². The van der Waals surface area contributed by atoms with Gasteiger partial charge in [-0.25, -0.2) is 0 Å². The van der Waals surface area contributed by atoms with Gasteiger partial charge in [-0.05, 0) is 25.5 Å². The average Bonchev–Trinajstić information content (AvgIpc) is 2.58. The highest BCUT2D eigenvalue weighted by Crippen LogP contribution is 2.32. The molecule has 2 atom stereocenters. The van der Waals surface area contributed by atoms with Gasteiger partial charge in [0.25, 0.3) is 0 Å². The highest BCUT2D eigenvalue weighted by atomic mass is 35.5. The number of rotatable bonds is 2. The molecule has 0 saturated carbocycles. The summed E-state index contributed by atoms with van der Waals surface area (Å²) in [7, 11) is 0. The Balaban J connectivity index is 2.16. The topological polar surface area (TPSA) is 21.3 Å². The molecule has 1 saturated heterocycles. The summed E-state index contributed by atoms with van der Waals surface area (Å²) >= 11 is 12.1. The van der Waals surface area contributed by atoms with E-state index >= 15 is 0 Å². The summed E-state index contributed by atoms with van der Waals surface area (Å²) in [5.74, 6) is 0. The van der Waals surface area contributed by atoms with Crippen LogP contribution in [0.3, 0.4) is 0 Å². The number of ether oxygens (including phenoxy) is 1. The maximum Gasteiger partial charge on any atom is 0.0748 e. The molecule has 0 aromatic heterocycles. The minimum atomic E-state index is 0.206. The second kappa shape index (κ2) is 4.60. The monoisotopic (exact) mass is 245 g/mol. The predicted octanol–water partition coefficient (Wildman–Crippen LogP) is 3.58. The number of nitrogens with one attached hydrogen (secondary N) is 1. The quantitative estimate of drug-likeness (QED) is 0.861. The van der Waals surface area contributed by atoms with Gasteiger partial charge >= 0.3 is 0 Å². The van der Waals surface area contributed by atoms with E-state index in [1.807, 2.05) is 18.2 Å². The van der Waals surface area contributed by atoms with Crippen LogP contribution < -0.4 is 5.32 Å². The Bertz CT molecular complexity index is 336. The van der Waals surface area contributed by atoms with Gasteiger partial charge in [-0.3, -0.25) is 0 Å². The van der Waals surface area contributed by atoms with E-state index < -0.39 is 0 Å². The first-order valence-electron chi connectivity index (χ1n) is 5.00. The van der Waals surface area contributed by atoms with Crippen LogP contribution in [0, 0.1) is 0 Å². The molecule has 4 heteroatoms. The van der Waals surface area contributed by atoms with E-state index in [1.54, 1.807) is 0 Å². The molecular formula is C11H13Cl2NO. The maximum atomic E-state index is 6.07. The first-order chi connectivity index (χ1) is 7.18. The predicted molar refractivity (Wildman–Crippen MR) is 63.9 cm³/mol. The Morgan fingerprint density at radius 2 is 2.00 bits per heavy atom. The van der Waals surface area contributed by atoms with E-state index in [1.165, 1.54) is 0 Å². The smallest absolute Gasteiger partial charge is 0.0748 e. The molecule has 1 N–H and O–H groups in total. The molecule has 0 aliphatic carbocycles. The summed E-state index contributed by atoms with van der Waals surface area (Å²) in [6.07, 6.45) is 1.19. The summed E-state index contributed by atoms with van der Waals surface area (Å²) in [6, 6.07) is 5.79. The largest absolute Gasteiger partial charge is 0.377 e. The van der Waals surface area contributed by atoms with Crippen LogP contribution >= 0.6 is 23.2 Å². The fraction of sp³-hybridized carbons (Fsp3) is 0.455. The Kier molecular flexibility index (Phi) is 3.39.